The van der Waals surface area contributed by atoms with Gasteiger partial charge in [-0.15, -0.1) is 6.58 Å². The molecule has 0 aliphatic rings. The van der Waals surface area contributed by atoms with Crippen LogP contribution in [0.5, 0.6) is 0 Å². The first-order chi connectivity index (χ1) is 10.6. The lowest BCUT2D eigenvalue weighted by Crippen LogP contribution is -2.23. The lowest BCUT2D eigenvalue weighted by atomic mass is 10.1. The van der Waals surface area contributed by atoms with E-state index in [1.165, 1.54) is 0 Å². The molecule has 0 unspecified atom stereocenters. The summed E-state index contributed by atoms with van der Waals surface area (Å²) in [4.78, 5) is 24.2. The number of benzene rings is 2. The molecule has 0 aliphatic heterocycles. The quantitative estimate of drug-likeness (QED) is 0.802. The summed E-state index contributed by atoms with van der Waals surface area (Å²) in [5, 5.41) is 5.48. The number of rotatable bonds is 5. The summed E-state index contributed by atoms with van der Waals surface area (Å²) < 4.78 is 0.795. The van der Waals surface area contributed by atoms with Crippen LogP contribution in [0.4, 0.5) is 5.69 Å². The molecule has 0 radical (unpaired) electrons. The van der Waals surface area contributed by atoms with Crippen molar-refractivity contribution in [3.63, 3.8) is 0 Å². The van der Waals surface area contributed by atoms with Gasteiger partial charge >= 0.3 is 0 Å². The Morgan fingerprint density at radius 1 is 1.05 bits per heavy atom. The van der Waals surface area contributed by atoms with Gasteiger partial charge in [0.25, 0.3) is 11.8 Å². The molecule has 112 valence electrons. The van der Waals surface area contributed by atoms with E-state index in [-0.39, 0.29) is 11.8 Å². The first-order valence-corrected chi connectivity index (χ1v) is 7.46. The first-order valence-electron chi connectivity index (χ1n) is 6.67. The molecule has 2 aromatic rings. The van der Waals surface area contributed by atoms with Crippen LogP contribution in [0.2, 0.25) is 0 Å². The number of halogens is 1. The van der Waals surface area contributed by atoms with Gasteiger partial charge in [-0.1, -0.05) is 24.3 Å². The third-order valence-electron chi connectivity index (χ3n) is 2.92. The number of amides is 2. The van der Waals surface area contributed by atoms with E-state index in [2.05, 4.69) is 33.1 Å². The van der Waals surface area contributed by atoms with Gasteiger partial charge in [0.15, 0.2) is 0 Å². The Kier molecular flexibility index (Phi) is 5.49. The maximum Gasteiger partial charge on any atom is 0.255 e. The summed E-state index contributed by atoms with van der Waals surface area (Å²) >= 11 is 3.38. The Bertz CT molecular complexity index is 713. The number of anilines is 1. The summed E-state index contributed by atoms with van der Waals surface area (Å²) in [7, 11) is 0. The van der Waals surface area contributed by atoms with Crippen molar-refractivity contribution in [3.05, 3.63) is 76.8 Å². The lowest BCUT2D eigenvalue weighted by molar-refractivity contribution is 0.0958. The zero-order chi connectivity index (χ0) is 15.9. The van der Waals surface area contributed by atoms with E-state index < -0.39 is 0 Å². The standard InChI is InChI=1S/C17H15BrN2O2/c1-2-10-19-16(21)12-6-5-7-13(11-12)17(22)20-15-9-4-3-8-14(15)18/h2-9,11H,1,10H2,(H,19,21)(H,20,22). The minimum atomic E-state index is -0.273. The molecule has 0 aromatic heterocycles. The van der Waals surface area contributed by atoms with Gasteiger partial charge in [0, 0.05) is 22.1 Å². The van der Waals surface area contributed by atoms with Crippen LogP contribution in [-0.4, -0.2) is 18.4 Å². The molecular formula is C17H15BrN2O2. The summed E-state index contributed by atoms with van der Waals surface area (Å²) in [6, 6.07) is 13.9. The van der Waals surface area contributed by atoms with Gasteiger partial charge in [-0.3, -0.25) is 9.59 Å². The largest absolute Gasteiger partial charge is 0.349 e. The number of nitrogens with one attached hydrogen (secondary N) is 2. The fourth-order valence-corrected chi connectivity index (χ4v) is 2.21. The van der Waals surface area contributed by atoms with Crippen LogP contribution < -0.4 is 10.6 Å². The highest BCUT2D eigenvalue weighted by Gasteiger charge is 2.11. The number of carbonyl (C=O) groups excluding carboxylic acids is 2. The van der Waals surface area contributed by atoms with E-state index in [0.717, 1.165) is 4.47 Å². The summed E-state index contributed by atoms with van der Waals surface area (Å²) in [6.07, 6.45) is 1.60. The molecule has 0 aliphatic carbocycles. The monoisotopic (exact) mass is 358 g/mol. The summed E-state index contributed by atoms with van der Waals surface area (Å²) in [6.45, 7) is 3.93. The number of hydrogen-bond acceptors (Lipinski definition) is 2. The minimum Gasteiger partial charge on any atom is -0.349 e. The maximum atomic E-state index is 12.3. The van der Waals surface area contributed by atoms with Crippen LogP contribution in [-0.2, 0) is 0 Å². The Hall–Kier alpha value is -2.40. The molecule has 2 amide bonds. The predicted molar refractivity (Wildman–Crippen MR) is 91.1 cm³/mol. The third kappa shape index (κ3) is 4.05. The van der Waals surface area contributed by atoms with Crippen molar-refractivity contribution in [2.24, 2.45) is 0 Å². The molecule has 2 aromatic carbocycles. The maximum absolute atomic E-state index is 12.3. The Morgan fingerprint density at radius 3 is 2.41 bits per heavy atom. The fourth-order valence-electron chi connectivity index (χ4n) is 1.83. The van der Waals surface area contributed by atoms with Crippen LogP contribution in [0.3, 0.4) is 0 Å². The van der Waals surface area contributed by atoms with Crippen molar-refractivity contribution >= 4 is 33.4 Å². The SMILES string of the molecule is C=CCNC(=O)c1cccc(C(=O)Nc2ccccc2Br)c1. The van der Waals surface area contributed by atoms with Gasteiger partial charge < -0.3 is 10.6 Å². The van der Waals surface area contributed by atoms with Crippen LogP contribution in [0, 0.1) is 0 Å². The highest BCUT2D eigenvalue weighted by atomic mass is 79.9. The minimum absolute atomic E-state index is 0.240. The molecular weight excluding hydrogens is 344 g/mol. The van der Waals surface area contributed by atoms with Crippen molar-refractivity contribution in [3.8, 4) is 0 Å². The van der Waals surface area contributed by atoms with E-state index in [1.54, 1.807) is 36.4 Å². The average molecular weight is 359 g/mol. The van der Waals surface area contributed by atoms with E-state index in [4.69, 9.17) is 0 Å². The van der Waals surface area contributed by atoms with Crippen LogP contribution in [0.25, 0.3) is 0 Å². The van der Waals surface area contributed by atoms with Crippen molar-refractivity contribution in [1.82, 2.24) is 5.32 Å². The van der Waals surface area contributed by atoms with Gasteiger partial charge in [0.1, 0.15) is 0 Å². The summed E-state index contributed by atoms with van der Waals surface area (Å²) in [5.41, 5.74) is 1.53. The second kappa shape index (κ2) is 7.56. The molecule has 0 fully saturated rings. The average Bonchev–Trinajstić information content (AvgIpc) is 2.54. The summed E-state index contributed by atoms with van der Waals surface area (Å²) in [5.74, 6) is -0.513. The molecule has 2 rings (SSSR count). The van der Waals surface area contributed by atoms with Gasteiger partial charge in [-0.25, -0.2) is 0 Å². The second-order valence-electron chi connectivity index (χ2n) is 4.51. The van der Waals surface area contributed by atoms with Crippen LogP contribution in [0.1, 0.15) is 20.7 Å². The van der Waals surface area contributed by atoms with E-state index in [0.29, 0.717) is 23.4 Å². The smallest absolute Gasteiger partial charge is 0.255 e. The van der Waals surface area contributed by atoms with Crippen molar-refractivity contribution < 1.29 is 9.59 Å². The second-order valence-corrected chi connectivity index (χ2v) is 5.37. The fraction of sp³-hybridized carbons (Fsp3) is 0.0588. The molecule has 0 saturated carbocycles. The first kappa shape index (κ1) is 16.0. The van der Waals surface area contributed by atoms with Gasteiger partial charge in [-0.2, -0.15) is 0 Å². The van der Waals surface area contributed by atoms with Gasteiger partial charge in [-0.05, 0) is 46.3 Å². The number of para-hydroxylation sites is 1. The van der Waals surface area contributed by atoms with Crippen molar-refractivity contribution in [2.45, 2.75) is 0 Å². The van der Waals surface area contributed by atoms with Crippen LogP contribution >= 0.6 is 15.9 Å². The Morgan fingerprint density at radius 2 is 1.73 bits per heavy atom. The molecule has 0 atom stereocenters. The van der Waals surface area contributed by atoms with Crippen molar-refractivity contribution in [1.29, 1.82) is 0 Å². The molecule has 4 nitrogen and oxygen atoms in total. The zero-order valence-electron chi connectivity index (χ0n) is 11.8. The normalized spacial score (nSPS) is 9.86. The predicted octanol–water partition coefficient (Wildman–Crippen LogP) is 3.62. The van der Waals surface area contributed by atoms with Gasteiger partial charge in [0.2, 0.25) is 0 Å². The highest BCUT2D eigenvalue weighted by molar-refractivity contribution is 9.10. The van der Waals surface area contributed by atoms with Crippen molar-refractivity contribution in [2.75, 3.05) is 11.9 Å². The highest BCUT2D eigenvalue weighted by Crippen LogP contribution is 2.22. The number of hydrogen-bond donors (Lipinski definition) is 2. The molecule has 0 saturated heterocycles. The number of carbonyl (C=O) groups is 2. The lowest BCUT2D eigenvalue weighted by Gasteiger charge is -2.08. The van der Waals surface area contributed by atoms with E-state index >= 15 is 0 Å². The van der Waals surface area contributed by atoms with E-state index in [1.807, 2.05) is 18.2 Å². The molecule has 0 heterocycles. The molecule has 0 bridgehead atoms. The zero-order valence-corrected chi connectivity index (χ0v) is 13.4. The Balaban J connectivity index is 2.15. The molecule has 5 heteroatoms. The molecule has 22 heavy (non-hydrogen) atoms. The van der Waals surface area contributed by atoms with E-state index in [9.17, 15) is 9.59 Å². The van der Waals surface area contributed by atoms with Gasteiger partial charge in [0.05, 0.1) is 5.69 Å². The topological polar surface area (TPSA) is 58.2 Å². The Labute approximate surface area is 137 Å². The molecule has 2 N–H and O–H groups in total. The van der Waals surface area contributed by atoms with Crippen LogP contribution in [0.15, 0.2) is 65.7 Å². The third-order valence-corrected chi connectivity index (χ3v) is 3.61. The molecule has 0 spiro atoms.